The molecule has 1 aromatic rings. The van der Waals surface area contributed by atoms with Crippen molar-refractivity contribution < 1.29 is 9.52 Å². The Morgan fingerprint density at radius 2 is 2.62 bits per heavy atom. The number of hydrogen-bond acceptors (Lipinski definition) is 3. The van der Waals surface area contributed by atoms with E-state index in [4.69, 9.17) is 0 Å². The molecular weight excluding hydrogens is 106 g/mol. The first-order valence-electron chi connectivity index (χ1n) is 2.06. The van der Waals surface area contributed by atoms with Crippen molar-refractivity contribution in [3.63, 3.8) is 0 Å². The minimum Gasteiger partial charge on any atom is -0.875 e. The first-order valence-corrected chi connectivity index (χ1v) is 2.06. The molecule has 0 radical (unpaired) electrons. The second kappa shape index (κ2) is 1.69. The second-order valence-electron chi connectivity index (χ2n) is 1.27. The maximum atomic E-state index is 9.86. The highest BCUT2D eigenvalue weighted by molar-refractivity contribution is 4.99. The standard InChI is InChI=1S/C5H5NO2/c1-4-6-2-5(3-7)8-4/h2-3,7H,1H2/p-1/b5-3-. The Kier molecular flexibility index (Phi) is 1.04. The van der Waals surface area contributed by atoms with Gasteiger partial charge in [0.25, 0.3) is 0 Å². The summed E-state index contributed by atoms with van der Waals surface area (Å²) in [6, 6.07) is 0. The molecule has 0 spiro atoms. The Morgan fingerprint density at radius 1 is 1.88 bits per heavy atom. The molecule has 1 rings (SSSR count). The number of rotatable bonds is 0. The Hall–Kier alpha value is -1.25. The third-order valence-corrected chi connectivity index (χ3v) is 0.688. The van der Waals surface area contributed by atoms with Crippen molar-refractivity contribution in [2.24, 2.45) is 0 Å². The van der Waals surface area contributed by atoms with Gasteiger partial charge in [-0.15, -0.1) is 6.26 Å². The van der Waals surface area contributed by atoms with Gasteiger partial charge in [0.2, 0.25) is 5.55 Å². The van der Waals surface area contributed by atoms with Crippen LogP contribution in [0.4, 0.5) is 0 Å². The second-order valence-corrected chi connectivity index (χ2v) is 1.27. The van der Waals surface area contributed by atoms with Gasteiger partial charge in [-0.05, 0) is 6.58 Å². The molecule has 0 aromatic carbocycles. The van der Waals surface area contributed by atoms with E-state index in [0.29, 0.717) is 6.26 Å². The largest absolute Gasteiger partial charge is 0.875 e. The average molecular weight is 110 g/mol. The van der Waals surface area contributed by atoms with Crippen LogP contribution in [-0.2, 0) is 0 Å². The van der Waals surface area contributed by atoms with Crippen LogP contribution in [0.15, 0.2) is 10.6 Å². The van der Waals surface area contributed by atoms with Crippen molar-refractivity contribution in [3.05, 3.63) is 17.2 Å². The van der Waals surface area contributed by atoms with E-state index in [2.05, 4.69) is 16.0 Å². The summed E-state index contributed by atoms with van der Waals surface area (Å²) in [5.41, 5.74) is 0.488. The molecule has 8 heavy (non-hydrogen) atoms. The minimum absolute atomic E-state index is 0.218. The molecule has 0 fully saturated rings. The number of oxazole rings is 1. The first-order chi connectivity index (χ1) is 3.83. The lowest BCUT2D eigenvalue weighted by Gasteiger charge is -1.78. The van der Waals surface area contributed by atoms with Gasteiger partial charge in [-0.25, -0.2) is 4.98 Å². The van der Waals surface area contributed by atoms with Gasteiger partial charge in [0.15, 0.2) is 0 Å². The Balaban J connectivity index is 3.41. The highest BCUT2D eigenvalue weighted by atomic mass is 16.3. The zero-order chi connectivity index (χ0) is 5.98. The average Bonchev–Trinajstić information content (AvgIpc) is 2.14. The lowest BCUT2D eigenvalue weighted by atomic mass is 10.8. The fraction of sp³-hybridized carbons (Fsp3) is 0. The molecule has 3 nitrogen and oxygen atoms in total. The molecule has 42 valence electrons. The topological polar surface area (TPSA) is 49.1 Å². The van der Waals surface area contributed by atoms with Crippen LogP contribution in [0, 0.1) is 0 Å². The van der Waals surface area contributed by atoms with Gasteiger partial charge in [-0.3, -0.25) is 0 Å². The fourth-order valence-electron chi connectivity index (χ4n) is 0.379. The van der Waals surface area contributed by atoms with E-state index in [9.17, 15) is 5.11 Å². The summed E-state index contributed by atoms with van der Waals surface area (Å²) in [6.07, 6.45) is 1.91. The summed E-state index contributed by atoms with van der Waals surface area (Å²) in [7, 11) is 0. The highest BCUT2D eigenvalue weighted by Crippen LogP contribution is 1.53. The third-order valence-electron chi connectivity index (χ3n) is 0.688. The normalized spacial score (nSPS) is 12.2. The van der Waals surface area contributed by atoms with Crippen molar-refractivity contribution in [3.8, 4) is 0 Å². The van der Waals surface area contributed by atoms with E-state index in [0.717, 1.165) is 0 Å². The molecule has 1 aromatic heterocycles. The van der Waals surface area contributed by atoms with E-state index < -0.39 is 0 Å². The van der Waals surface area contributed by atoms with Gasteiger partial charge in [-0.1, -0.05) is 0 Å². The quantitative estimate of drug-likeness (QED) is 0.395. The van der Waals surface area contributed by atoms with Crippen LogP contribution in [-0.4, -0.2) is 4.98 Å². The summed E-state index contributed by atoms with van der Waals surface area (Å²) in [4.78, 5) is 3.58. The number of aromatic nitrogens is 1. The third kappa shape index (κ3) is 0.703. The van der Waals surface area contributed by atoms with Crippen molar-refractivity contribution in [1.29, 1.82) is 0 Å². The molecule has 0 bridgehead atoms. The van der Waals surface area contributed by atoms with Crippen LogP contribution < -0.4 is 16.1 Å². The zero-order valence-corrected chi connectivity index (χ0v) is 4.13. The van der Waals surface area contributed by atoms with Crippen LogP contribution in [0.25, 0.3) is 12.8 Å². The predicted molar refractivity (Wildman–Crippen MR) is 25.7 cm³/mol. The van der Waals surface area contributed by atoms with E-state index in [1.54, 1.807) is 0 Å². The summed E-state index contributed by atoms with van der Waals surface area (Å²) in [5.74, 6) is 0. The molecule has 0 aliphatic carbocycles. The Bertz CT molecular complexity index is 262. The van der Waals surface area contributed by atoms with E-state index in [1.807, 2.05) is 0 Å². The Labute approximate surface area is 45.6 Å². The monoisotopic (exact) mass is 110 g/mol. The van der Waals surface area contributed by atoms with E-state index in [1.165, 1.54) is 6.20 Å². The molecule has 0 aliphatic heterocycles. The highest BCUT2D eigenvalue weighted by Gasteiger charge is 1.76. The molecule has 0 amide bonds. The molecule has 0 unspecified atom stereocenters. The molecule has 0 saturated heterocycles. The number of hydrogen-bond donors (Lipinski definition) is 0. The molecule has 0 saturated carbocycles. The maximum Gasteiger partial charge on any atom is 0.212 e. The molecule has 0 atom stereocenters. The zero-order valence-electron chi connectivity index (χ0n) is 4.13. The van der Waals surface area contributed by atoms with Gasteiger partial charge >= 0.3 is 0 Å². The van der Waals surface area contributed by atoms with Gasteiger partial charge in [0, 0.05) is 0 Å². The van der Waals surface area contributed by atoms with Gasteiger partial charge < -0.3 is 9.52 Å². The SMILES string of the molecule is C=c1nc/c(=C/[O-])o1. The van der Waals surface area contributed by atoms with Gasteiger partial charge in [0.1, 0.15) is 5.42 Å². The van der Waals surface area contributed by atoms with Crippen LogP contribution in [0.2, 0.25) is 0 Å². The van der Waals surface area contributed by atoms with Crippen LogP contribution >= 0.6 is 0 Å². The molecule has 3 heteroatoms. The number of nitrogens with zero attached hydrogens (tertiary/aromatic N) is 1. The van der Waals surface area contributed by atoms with Gasteiger partial charge in [-0.2, -0.15) is 0 Å². The van der Waals surface area contributed by atoms with Crippen LogP contribution in [0.5, 0.6) is 0 Å². The predicted octanol–water partition coefficient (Wildman–Crippen LogP) is -1.82. The maximum absolute atomic E-state index is 9.86. The smallest absolute Gasteiger partial charge is 0.212 e. The summed E-state index contributed by atoms with van der Waals surface area (Å²) in [6.45, 7) is 3.35. The van der Waals surface area contributed by atoms with Crippen molar-refractivity contribution in [2.45, 2.75) is 0 Å². The minimum atomic E-state index is 0.218. The lowest BCUT2D eigenvalue weighted by molar-refractivity contribution is -0.230. The van der Waals surface area contributed by atoms with Crippen molar-refractivity contribution >= 4 is 12.8 Å². The summed E-state index contributed by atoms with van der Waals surface area (Å²) in [5, 5.41) is 9.86. The molecule has 1 heterocycles. The molecular formula is C5H4NO2-. The van der Waals surface area contributed by atoms with E-state index in [-0.39, 0.29) is 11.0 Å². The summed E-state index contributed by atoms with van der Waals surface area (Å²) >= 11 is 0. The fourth-order valence-corrected chi connectivity index (χ4v) is 0.379. The van der Waals surface area contributed by atoms with Crippen LogP contribution in [0.1, 0.15) is 0 Å². The van der Waals surface area contributed by atoms with Crippen LogP contribution in [0.3, 0.4) is 0 Å². The van der Waals surface area contributed by atoms with Crippen molar-refractivity contribution in [1.82, 2.24) is 4.98 Å². The molecule has 0 aliphatic rings. The molecule has 0 N–H and O–H groups in total. The summed E-state index contributed by atoms with van der Waals surface area (Å²) < 4.78 is 4.64. The van der Waals surface area contributed by atoms with E-state index >= 15 is 0 Å². The van der Waals surface area contributed by atoms with Crippen molar-refractivity contribution in [2.75, 3.05) is 0 Å². The Morgan fingerprint density at radius 3 is 2.88 bits per heavy atom. The van der Waals surface area contributed by atoms with Gasteiger partial charge in [0.05, 0.1) is 6.20 Å². The lowest BCUT2D eigenvalue weighted by Crippen LogP contribution is -2.03. The first kappa shape index (κ1) is 4.90.